The predicted octanol–water partition coefficient (Wildman–Crippen LogP) is 2.21. The van der Waals surface area contributed by atoms with Crippen molar-refractivity contribution in [1.82, 2.24) is 4.90 Å². The van der Waals surface area contributed by atoms with Crippen molar-refractivity contribution in [2.75, 3.05) is 20.2 Å². The molecule has 1 saturated heterocycles. The third-order valence-corrected chi connectivity index (χ3v) is 3.73. The summed E-state index contributed by atoms with van der Waals surface area (Å²) in [4.78, 5) is 2.45. The van der Waals surface area contributed by atoms with Crippen molar-refractivity contribution in [2.45, 2.75) is 26.3 Å². The van der Waals surface area contributed by atoms with Gasteiger partial charge in [0, 0.05) is 24.2 Å². The first kappa shape index (κ1) is 13.9. The third kappa shape index (κ3) is 3.47. The molecule has 1 aromatic carbocycles. The van der Waals surface area contributed by atoms with Gasteiger partial charge in [-0.2, -0.15) is 0 Å². The highest BCUT2D eigenvalue weighted by Gasteiger charge is 2.18. The molecule has 0 spiro atoms. The lowest BCUT2D eigenvalue weighted by molar-refractivity contribution is 0.175. The van der Waals surface area contributed by atoms with Crippen molar-refractivity contribution in [3.63, 3.8) is 0 Å². The zero-order chi connectivity index (χ0) is 13.8. The number of benzene rings is 1. The van der Waals surface area contributed by atoms with Crippen molar-refractivity contribution in [3.8, 4) is 5.75 Å². The Bertz CT molecular complexity index is 459. The highest BCUT2D eigenvalue weighted by Crippen LogP contribution is 2.24. The van der Waals surface area contributed by atoms with E-state index in [1.165, 1.54) is 12.8 Å². The summed E-state index contributed by atoms with van der Waals surface area (Å²) in [5, 5.41) is 7.53. The summed E-state index contributed by atoms with van der Waals surface area (Å²) in [5.74, 6) is 1.75. The smallest absolute Gasteiger partial charge is 0.123 e. The Labute approximate surface area is 115 Å². The van der Waals surface area contributed by atoms with Gasteiger partial charge in [-0.15, -0.1) is 0 Å². The number of nitrogens with two attached hydrogens (primary N) is 1. The summed E-state index contributed by atoms with van der Waals surface area (Å²) in [6.45, 7) is 5.44. The maximum Gasteiger partial charge on any atom is 0.123 e. The normalized spacial score (nSPS) is 20.2. The van der Waals surface area contributed by atoms with Gasteiger partial charge in [-0.3, -0.25) is 10.3 Å². The number of nitrogens with zero attached hydrogens (tertiary/aromatic N) is 1. The van der Waals surface area contributed by atoms with E-state index in [-0.39, 0.29) is 5.84 Å². The van der Waals surface area contributed by atoms with Crippen LogP contribution >= 0.6 is 0 Å². The molecule has 1 fully saturated rings. The number of likely N-dealkylation sites (tertiary alicyclic amines) is 1. The van der Waals surface area contributed by atoms with E-state index in [1.54, 1.807) is 7.11 Å². The van der Waals surface area contributed by atoms with Gasteiger partial charge in [0.25, 0.3) is 0 Å². The van der Waals surface area contributed by atoms with Gasteiger partial charge in [-0.05, 0) is 43.5 Å². The number of piperidine rings is 1. The Morgan fingerprint density at radius 1 is 1.53 bits per heavy atom. The Morgan fingerprint density at radius 2 is 2.32 bits per heavy atom. The summed E-state index contributed by atoms with van der Waals surface area (Å²) in [6, 6.07) is 5.71. The van der Waals surface area contributed by atoms with Crippen molar-refractivity contribution < 1.29 is 4.74 Å². The van der Waals surface area contributed by atoms with Crippen LogP contribution in [0.1, 0.15) is 30.9 Å². The largest absolute Gasteiger partial charge is 0.496 e. The van der Waals surface area contributed by atoms with Crippen LogP contribution < -0.4 is 10.5 Å². The molecule has 3 N–H and O–H groups in total. The zero-order valence-electron chi connectivity index (χ0n) is 11.8. The molecule has 1 aromatic rings. The van der Waals surface area contributed by atoms with E-state index < -0.39 is 0 Å². The van der Waals surface area contributed by atoms with Crippen molar-refractivity contribution in [3.05, 3.63) is 29.3 Å². The van der Waals surface area contributed by atoms with E-state index in [1.807, 2.05) is 18.2 Å². The molecule has 0 radical (unpaired) electrons. The van der Waals surface area contributed by atoms with Gasteiger partial charge in [-0.1, -0.05) is 6.92 Å². The fourth-order valence-corrected chi connectivity index (χ4v) is 2.74. The van der Waals surface area contributed by atoms with Crippen LogP contribution in [-0.2, 0) is 6.54 Å². The van der Waals surface area contributed by atoms with E-state index in [2.05, 4.69) is 11.8 Å². The van der Waals surface area contributed by atoms with Crippen LogP contribution in [0.5, 0.6) is 5.75 Å². The summed E-state index contributed by atoms with van der Waals surface area (Å²) in [7, 11) is 1.69. The molecule has 0 aliphatic carbocycles. The molecule has 104 valence electrons. The van der Waals surface area contributed by atoms with Crippen molar-refractivity contribution >= 4 is 5.84 Å². The highest BCUT2D eigenvalue weighted by molar-refractivity contribution is 5.95. The van der Waals surface area contributed by atoms with E-state index in [4.69, 9.17) is 15.9 Å². The second kappa shape index (κ2) is 6.06. The maximum atomic E-state index is 7.53. The summed E-state index contributed by atoms with van der Waals surface area (Å²) in [5.41, 5.74) is 7.44. The average molecular weight is 261 g/mol. The minimum absolute atomic E-state index is 0.107. The first-order valence-corrected chi connectivity index (χ1v) is 6.84. The number of nitrogens with one attached hydrogen (secondary N) is 1. The van der Waals surface area contributed by atoms with Crippen LogP contribution in [0, 0.1) is 11.3 Å². The van der Waals surface area contributed by atoms with Crippen LogP contribution in [-0.4, -0.2) is 30.9 Å². The summed E-state index contributed by atoms with van der Waals surface area (Å²) < 4.78 is 5.41. The van der Waals surface area contributed by atoms with E-state index in [0.717, 1.165) is 42.4 Å². The number of methoxy groups -OCH3 is 1. The van der Waals surface area contributed by atoms with Gasteiger partial charge < -0.3 is 10.5 Å². The lowest BCUT2D eigenvalue weighted by Gasteiger charge is -2.31. The molecule has 19 heavy (non-hydrogen) atoms. The second-order valence-electron chi connectivity index (χ2n) is 5.42. The molecular formula is C15H23N3O. The van der Waals surface area contributed by atoms with Crippen LogP contribution in [0.4, 0.5) is 0 Å². The zero-order valence-corrected chi connectivity index (χ0v) is 11.8. The van der Waals surface area contributed by atoms with Crippen molar-refractivity contribution in [2.24, 2.45) is 11.7 Å². The Morgan fingerprint density at radius 3 is 2.95 bits per heavy atom. The van der Waals surface area contributed by atoms with Crippen LogP contribution in [0.15, 0.2) is 18.2 Å². The van der Waals surface area contributed by atoms with Crippen molar-refractivity contribution in [1.29, 1.82) is 5.41 Å². The highest BCUT2D eigenvalue weighted by atomic mass is 16.5. The third-order valence-electron chi connectivity index (χ3n) is 3.73. The van der Waals surface area contributed by atoms with Crippen LogP contribution in [0.3, 0.4) is 0 Å². The quantitative estimate of drug-likeness (QED) is 0.645. The van der Waals surface area contributed by atoms with Gasteiger partial charge in [0.2, 0.25) is 0 Å². The Balaban J connectivity index is 2.17. The van der Waals surface area contributed by atoms with Gasteiger partial charge >= 0.3 is 0 Å². The molecular weight excluding hydrogens is 238 g/mol. The van der Waals surface area contributed by atoms with Gasteiger partial charge in [0.05, 0.1) is 7.11 Å². The Kier molecular flexibility index (Phi) is 4.43. The molecule has 1 aliphatic rings. The first-order valence-electron chi connectivity index (χ1n) is 6.84. The molecule has 1 heterocycles. The lowest BCUT2D eigenvalue weighted by Crippen LogP contribution is -2.33. The molecule has 1 unspecified atom stereocenters. The molecule has 4 nitrogen and oxygen atoms in total. The first-order chi connectivity index (χ1) is 9.10. The molecule has 0 saturated carbocycles. The molecule has 1 atom stereocenters. The van der Waals surface area contributed by atoms with Gasteiger partial charge in [0.15, 0.2) is 0 Å². The molecule has 4 heteroatoms. The number of rotatable bonds is 4. The second-order valence-corrected chi connectivity index (χ2v) is 5.42. The van der Waals surface area contributed by atoms with Crippen LogP contribution in [0.25, 0.3) is 0 Å². The number of hydrogen-bond acceptors (Lipinski definition) is 3. The van der Waals surface area contributed by atoms with E-state index in [0.29, 0.717) is 0 Å². The van der Waals surface area contributed by atoms with Gasteiger partial charge in [0.1, 0.15) is 11.6 Å². The molecule has 1 aliphatic heterocycles. The fraction of sp³-hybridized carbons (Fsp3) is 0.533. The molecule has 0 bridgehead atoms. The van der Waals surface area contributed by atoms with E-state index in [9.17, 15) is 0 Å². The molecule has 0 amide bonds. The average Bonchev–Trinajstić information content (AvgIpc) is 2.38. The number of ether oxygens (including phenoxy) is 1. The Hall–Kier alpha value is -1.55. The predicted molar refractivity (Wildman–Crippen MR) is 77.7 cm³/mol. The van der Waals surface area contributed by atoms with Crippen LogP contribution in [0.2, 0.25) is 0 Å². The minimum atomic E-state index is 0.107. The maximum absolute atomic E-state index is 7.53. The molecule has 0 aromatic heterocycles. The number of nitrogen functional groups attached to an aromatic ring is 1. The molecule has 2 rings (SSSR count). The number of hydrogen-bond donors (Lipinski definition) is 2. The summed E-state index contributed by atoms with van der Waals surface area (Å²) in [6.07, 6.45) is 2.58. The standard InChI is InChI=1S/C15H23N3O/c1-11-4-3-7-18(9-11)10-13-8-12(15(16)17)5-6-14(13)19-2/h5-6,8,11H,3-4,7,9-10H2,1-2H3,(H3,16,17). The SMILES string of the molecule is COc1ccc(C(=N)N)cc1CN1CCCC(C)C1. The summed E-state index contributed by atoms with van der Waals surface area (Å²) >= 11 is 0. The monoisotopic (exact) mass is 261 g/mol. The van der Waals surface area contributed by atoms with E-state index >= 15 is 0 Å². The van der Waals surface area contributed by atoms with Gasteiger partial charge in [-0.25, -0.2) is 0 Å². The number of amidine groups is 1. The minimum Gasteiger partial charge on any atom is -0.496 e. The topological polar surface area (TPSA) is 62.3 Å². The lowest BCUT2D eigenvalue weighted by atomic mass is 9.99. The fourth-order valence-electron chi connectivity index (χ4n) is 2.74.